The molecule has 3 aromatic rings. The number of halogens is 1. The highest BCUT2D eigenvalue weighted by atomic mass is 35.5. The minimum atomic E-state index is -0.685. The summed E-state index contributed by atoms with van der Waals surface area (Å²) in [5, 5.41) is 10.9. The zero-order valence-corrected chi connectivity index (χ0v) is 14.1. The molecule has 0 aliphatic rings. The molecule has 128 valence electrons. The van der Waals surface area contributed by atoms with Gasteiger partial charge in [0.15, 0.2) is 17.2 Å². The number of primary amides is 1. The summed E-state index contributed by atoms with van der Waals surface area (Å²) in [6.45, 7) is 0.286. The number of ether oxygens (including phenoxy) is 2. The molecule has 3 rings (SSSR count). The first-order valence-corrected chi connectivity index (χ1v) is 7.73. The van der Waals surface area contributed by atoms with E-state index in [1.165, 1.54) is 7.11 Å². The zero-order valence-electron chi connectivity index (χ0n) is 13.3. The molecule has 25 heavy (non-hydrogen) atoms. The zero-order chi connectivity index (χ0) is 17.8. The number of aromatic nitrogens is 3. The molecule has 0 fully saturated rings. The number of carbonyl (C=O) groups is 1. The van der Waals surface area contributed by atoms with Gasteiger partial charge < -0.3 is 15.2 Å². The number of nitrogens with zero attached hydrogens (tertiary/aromatic N) is 2. The molecule has 1 amide bonds. The lowest BCUT2D eigenvalue weighted by molar-refractivity contribution is 0.0996. The predicted octanol–water partition coefficient (Wildman–Crippen LogP) is 2.81. The molecule has 0 unspecified atom stereocenters. The van der Waals surface area contributed by atoms with Crippen LogP contribution in [0.15, 0.2) is 42.5 Å². The van der Waals surface area contributed by atoms with Crippen LogP contribution in [0.25, 0.3) is 11.3 Å². The van der Waals surface area contributed by atoms with Crippen molar-refractivity contribution in [3.63, 3.8) is 0 Å². The van der Waals surface area contributed by atoms with Crippen molar-refractivity contribution in [2.45, 2.75) is 6.61 Å². The Morgan fingerprint density at radius 3 is 2.64 bits per heavy atom. The van der Waals surface area contributed by atoms with Gasteiger partial charge in [-0.15, -0.1) is 0 Å². The first-order valence-electron chi connectivity index (χ1n) is 7.35. The first-order chi connectivity index (χ1) is 12.1. The van der Waals surface area contributed by atoms with Crippen molar-refractivity contribution in [3.05, 3.63) is 58.7 Å². The standard InChI is InChI=1S/C17H15ClN4O3/c1-24-13-4-2-3-12(14-15(17(19)23)21-22-20-14)16(13)25-9-10-5-7-11(18)8-6-10/h2-8H,9H2,1H3,(H2,19,23)(H,20,21,22). The molecule has 1 heterocycles. The topological polar surface area (TPSA) is 103 Å². The van der Waals surface area contributed by atoms with Gasteiger partial charge in [0.1, 0.15) is 12.3 Å². The fraction of sp³-hybridized carbons (Fsp3) is 0.118. The summed E-state index contributed by atoms with van der Waals surface area (Å²) in [7, 11) is 1.53. The average molecular weight is 359 g/mol. The minimum Gasteiger partial charge on any atom is -0.493 e. The largest absolute Gasteiger partial charge is 0.493 e. The highest BCUT2D eigenvalue weighted by molar-refractivity contribution is 6.30. The van der Waals surface area contributed by atoms with E-state index in [-0.39, 0.29) is 12.3 Å². The van der Waals surface area contributed by atoms with Gasteiger partial charge in [0.2, 0.25) is 0 Å². The third-order valence-corrected chi connectivity index (χ3v) is 3.78. The van der Waals surface area contributed by atoms with Gasteiger partial charge >= 0.3 is 0 Å². The van der Waals surface area contributed by atoms with Crippen molar-refractivity contribution in [3.8, 4) is 22.8 Å². The normalized spacial score (nSPS) is 10.5. The maximum absolute atomic E-state index is 11.5. The molecule has 0 saturated heterocycles. The monoisotopic (exact) mass is 358 g/mol. The predicted molar refractivity (Wildman–Crippen MR) is 92.7 cm³/mol. The highest BCUT2D eigenvalue weighted by Crippen LogP contribution is 2.38. The number of aromatic amines is 1. The SMILES string of the molecule is COc1cccc(-c2n[nH]nc2C(N)=O)c1OCc1ccc(Cl)cc1. The summed E-state index contributed by atoms with van der Waals surface area (Å²) in [4.78, 5) is 11.5. The van der Waals surface area contributed by atoms with Crippen LogP contribution in [0, 0.1) is 0 Å². The van der Waals surface area contributed by atoms with Gasteiger partial charge in [0, 0.05) is 5.02 Å². The number of hydrogen-bond donors (Lipinski definition) is 2. The van der Waals surface area contributed by atoms with E-state index in [0.717, 1.165) is 5.56 Å². The second-order valence-electron chi connectivity index (χ2n) is 5.14. The van der Waals surface area contributed by atoms with Gasteiger partial charge in [-0.3, -0.25) is 4.79 Å². The van der Waals surface area contributed by atoms with Gasteiger partial charge in [-0.25, -0.2) is 0 Å². The Balaban J connectivity index is 1.98. The molecular weight excluding hydrogens is 344 g/mol. The van der Waals surface area contributed by atoms with Crippen LogP contribution in [0.5, 0.6) is 11.5 Å². The van der Waals surface area contributed by atoms with E-state index >= 15 is 0 Å². The molecule has 8 heteroatoms. The Bertz CT molecular complexity index is 893. The Morgan fingerprint density at radius 1 is 1.20 bits per heavy atom. The summed E-state index contributed by atoms with van der Waals surface area (Å²) in [5.41, 5.74) is 7.16. The second-order valence-corrected chi connectivity index (χ2v) is 5.57. The van der Waals surface area contributed by atoms with Gasteiger partial charge in [0.05, 0.1) is 12.7 Å². The molecule has 0 aliphatic heterocycles. The number of rotatable bonds is 6. The molecular formula is C17H15ClN4O3. The second kappa shape index (κ2) is 7.23. The molecule has 0 bridgehead atoms. The highest BCUT2D eigenvalue weighted by Gasteiger charge is 2.21. The van der Waals surface area contributed by atoms with E-state index in [1.54, 1.807) is 30.3 Å². The number of H-pyrrole nitrogens is 1. The molecule has 7 nitrogen and oxygen atoms in total. The lowest BCUT2D eigenvalue weighted by Gasteiger charge is -2.14. The first kappa shape index (κ1) is 16.8. The molecule has 3 N–H and O–H groups in total. The number of methoxy groups -OCH3 is 1. The van der Waals surface area contributed by atoms with Crippen molar-refractivity contribution >= 4 is 17.5 Å². The Hall–Kier alpha value is -3.06. The van der Waals surface area contributed by atoms with Crippen molar-refractivity contribution in [1.29, 1.82) is 0 Å². The summed E-state index contributed by atoms with van der Waals surface area (Å²) in [6, 6.07) is 12.6. The number of nitrogens with one attached hydrogen (secondary N) is 1. The molecule has 1 aromatic heterocycles. The van der Waals surface area contributed by atoms with E-state index in [1.807, 2.05) is 12.1 Å². The maximum atomic E-state index is 11.5. The van der Waals surface area contributed by atoms with Crippen LogP contribution in [0.1, 0.15) is 16.1 Å². The maximum Gasteiger partial charge on any atom is 0.271 e. The molecule has 0 saturated carbocycles. The molecule has 0 aliphatic carbocycles. The van der Waals surface area contributed by atoms with Crippen LogP contribution in [0.4, 0.5) is 0 Å². The number of amides is 1. The number of carbonyl (C=O) groups excluding carboxylic acids is 1. The Morgan fingerprint density at radius 2 is 1.96 bits per heavy atom. The third kappa shape index (κ3) is 3.56. The van der Waals surface area contributed by atoms with Crippen LogP contribution >= 0.6 is 11.6 Å². The smallest absolute Gasteiger partial charge is 0.271 e. The van der Waals surface area contributed by atoms with Crippen LogP contribution in [0.3, 0.4) is 0 Å². The Kier molecular flexibility index (Phi) is 4.85. The summed E-state index contributed by atoms with van der Waals surface area (Å²) in [5.74, 6) is 0.261. The van der Waals surface area contributed by atoms with Crippen molar-refractivity contribution in [2.75, 3.05) is 7.11 Å². The van der Waals surface area contributed by atoms with Crippen LogP contribution in [0.2, 0.25) is 5.02 Å². The van der Waals surface area contributed by atoms with Crippen LogP contribution in [-0.4, -0.2) is 28.4 Å². The molecule has 0 atom stereocenters. The fourth-order valence-corrected chi connectivity index (χ4v) is 2.46. The number of nitrogens with two attached hydrogens (primary N) is 1. The fourth-order valence-electron chi connectivity index (χ4n) is 2.34. The van der Waals surface area contributed by atoms with E-state index in [9.17, 15) is 4.79 Å². The minimum absolute atomic E-state index is 0.0320. The van der Waals surface area contributed by atoms with Gasteiger partial charge in [-0.2, -0.15) is 15.4 Å². The number of para-hydroxylation sites is 1. The molecule has 2 aromatic carbocycles. The van der Waals surface area contributed by atoms with E-state index in [4.69, 9.17) is 26.8 Å². The van der Waals surface area contributed by atoms with E-state index in [0.29, 0.717) is 27.8 Å². The summed E-state index contributed by atoms with van der Waals surface area (Å²) >= 11 is 5.89. The third-order valence-electron chi connectivity index (χ3n) is 3.53. The van der Waals surface area contributed by atoms with Gasteiger partial charge in [0.25, 0.3) is 5.91 Å². The lowest BCUT2D eigenvalue weighted by atomic mass is 10.1. The Labute approximate surface area is 148 Å². The molecule has 0 spiro atoms. The number of benzene rings is 2. The van der Waals surface area contributed by atoms with Crippen molar-refractivity contribution in [1.82, 2.24) is 15.4 Å². The van der Waals surface area contributed by atoms with Crippen molar-refractivity contribution < 1.29 is 14.3 Å². The van der Waals surface area contributed by atoms with Crippen LogP contribution in [-0.2, 0) is 6.61 Å². The lowest BCUT2D eigenvalue weighted by Crippen LogP contribution is -2.13. The van der Waals surface area contributed by atoms with Gasteiger partial charge in [-0.1, -0.05) is 29.8 Å². The average Bonchev–Trinajstić information content (AvgIpc) is 3.11. The van der Waals surface area contributed by atoms with E-state index < -0.39 is 5.91 Å². The van der Waals surface area contributed by atoms with Crippen molar-refractivity contribution in [2.24, 2.45) is 5.73 Å². The van der Waals surface area contributed by atoms with E-state index in [2.05, 4.69) is 15.4 Å². The summed E-state index contributed by atoms with van der Waals surface area (Å²) < 4.78 is 11.3. The molecule has 0 radical (unpaired) electrons. The summed E-state index contributed by atoms with van der Waals surface area (Å²) in [6.07, 6.45) is 0. The quantitative estimate of drug-likeness (QED) is 0.705. The van der Waals surface area contributed by atoms with Crippen LogP contribution < -0.4 is 15.2 Å². The number of hydrogen-bond acceptors (Lipinski definition) is 5. The van der Waals surface area contributed by atoms with Gasteiger partial charge in [-0.05, 0) is 29.8 Å².